The lowest BCUT2D eigenvalue weighted by Crippen LogP contribution is -2.37. The highest BCUT2D eigenvalue weighted by Gasteiger charge is 2.25. The number of nitrogens with zero attached hydrogens (tertiary/aromatic N) is 2. The van der Waals surface area contributed by atoms with Gasteiger partial charge < -0.3 is 19.4 Å². The molecule has 2 amide bonds. The third-order valence-corrected chi connectivity index (χ3v) is 6.50. The molecule has 192 valence electrons. The molecule has 2 heterocycles. The Kier molecular flexibility index (Phi) is 7.17. The molecule has 0 atom stereocenters. The molecule has 1 N–H and O–H groups in total. The van der Waals surface area contributed by atoms with E-state index in [4.69, 9.17) is 9.15 Å². The van der Waals surface area contributed by atoms with Gasteiger partial charge in [-0.1, -0.05) is 30.3 Å². The Labute approximate surface area is 218 Å². The summed E-state index contributed by atoms with van der Waals surface area (Å²) in [5.74, 6) is 0.562. The van der Waals surface area contributed by atoms with Gasteiger partial charge in [-0.2, -0.15) is 0 Å². The lowest BCUT2D eigenvalue weighted by molar-refractivity contribution is -0.402. The molecule has 1 aliphatic rings. The molecule has 1 aliphatic heterocycles. The molecular weight excluding hydrogens is 486 g/mol. The number of amides is 2. The minimum Gasteiger partial charge on any atom is -0.457 e. The normalized spacial score (nSPS) is 13.6. The average molecular weight is 512 g/mol. The van der Waals surface area contributed by atoms with Crippen molar-refractivity contribution in [2.75, 3.05) is 18.4 Å². The predicted molar refractivity (Wildman–Crippen MR) is 141 cm³/mol. The van der Waals surface area contributed by atoms with Gasteiger partial charge in [0, 0.05) is 24.3 Å². The van der Waals surface area contributed by atoms with Crippen LogP contribution in [0.15, 0.2) is 95.4 Å². The zero-order valence-electron chi connectivity index (χ0n) is 20.4. The zero-order valence-corrected chi connectivity index (χ0v) is 20.4. The molecule has 1 saturated heterocycles. The van der Waals surface area contributed by atoms with Gasteiger partial charge in [-0.05, 0) is 78.9 Å². The van der Waals surface area contributed by atoms with Crippen LogP contribution in [0.25, 0.3) is 0 Å². The van der Waals surface area contributed by atoms with Crippen molar-refractivity contribution in [3.8, 4) is 11.5 Å². The van der Waals surface area contributed by atoms with Gasteiger partial charge in [0.25, 0.3) is 11.8 Å². The molecule has 0 aliphatic carbocycles. The maximum Gasteiger partial charge on any atom is 0.433 e. The second-order valence-corrected chi connectivity index (χ2v) is 8.98. The second-order valence-electron chi connectivity index (χ2n) is 8.98. The molecule has 0 saturated carbocycles. The van der Waals surface area contributed by atoms with Crippen LogP contribution in [0.2, 0.25) is 0 Å². The van der Waals surface area contributed by atoms with Crippen LogP contribution in [0, 0.1) is 10.1 Å². The quantitative estimate of drug-likeness (QED) is 0.232. The van der Waals surface area contributed by atoms with Gasteiger partial charge in [0.1, 0.15) is 16.4 Å². The van der Waals surface area contributed by atoms with Gasteiger partial charge in [0.2, 0.25) is 0 Å². The smallest absolute Gasteiger partial charge is 0.433 e. The highest BCUT2D eigenvalue weighted by molar-refractivity contribution is 6.02. The first-order valence-corrected chi connectivity index (χ1v) is 12.2. The Balaban J connectivity index is 1.13. The number of carbonyl (C=O) groups is 2. The summed E-state index contributed by atoms with van der Waals surface area (Å²) >= 11 is 0. The van der Waals surface area contributed by atoms with E-state index in [-0.39, 0.29) is 11.7 Å². The number of nitrogens with one attached hydrogen (secondary N) is 1. The van der Waals surface area contributed by atoms with Crippen LogP contribution < -0.4 is 10.1 Å². The number of likely N-dealkylation sites (tertiary alicyclic amines) is 1. The highest BCUT2D eigenvalue weighted by Crippen LogP contribution is 2.30. The van der Waals surface area contributed by atoms with Crippen LogP contribution >= 0.6 is 0 Å². The number of hydrogen-bond acceptors (Lipinski definition) is 6. The van der Waals surface area contributed by atoms with E-state index in [0.29, 0.717) is 36.0 Å². The molecule has 0 radical (unpaired) electrons. The number of anilines is 1. The van der Waals surface area contributed by atoms with Crippen molar-refractivity contribution in [1.29, 1.82) is 0 Å². The molecule has 0 unspecified atom stereocenters. The first-order valence-electron chi connectivity index (χ1n) is 12.2. The summed E-state index contributed by atoms with van der Waals surface area (Å²) in [4.78, 5) is 37.2. The van der Waals surface area contributed by atoms with Gasteiger partial charge in [-0.3, -0.25) is 19.7 Å². The van der Waals surface area contributed by atoms with Gasteiger partial charge >= 0.3 is 5.88 Å². The summed E-state index contributed by atoms with van der Waals surface area (Å²) in [6.45, 7) is 1.31. The Hall–Kier alpha value is -4.92. The Morgan fingerprint density at radius 3 is 2.16 bits per heavy atom. The van der Waals surface area contributed by atoms with Gasteiger partial charge in [-0.15, -0.1) is 0 Å². The van der Waals surface area contributed by atoms with Crippen molar-refractivity contribution < 1.29 is 23.7 Å². The Morgan fingerprint density at radius 2 is 1.53 bits per heavy atom. The summed E-state index contributed by atoms with van der Waals surface area (Å²) in [6, 6.07) is 26.6. The van der Waals surface area contributed by atoms with Crippen molar-refractivity contribution >= 4 is 23.4 Å². The van der Waals surface area contributed by atoms with Crippen LogP contribution in [0.5, 0.6) is 11.5 Å². The molecule has 1 fully saturated rings. The monoisotopic (exact) mass is 511 g/mol. The van der Waals surface area contributed by atoms with E-state index >= 15 is 0 Å². The first kappa shape index (κ1) is 24.8. The molecule has 4 aromatic rings. The fourth-order valence-corrected chi connectivity index (χ4v) is 4.47. The summed E-state index contributed by atoms with van der Waals surface area (Å²) in [6.07, 6.45) is 1.67. The molecule has 0 spiro atoms. The van der Waals surface area contributed by atoms with Crippen LogP contribution in [0.4, 0.5) is 11.6 Å². The zero-order chi connectivity index (χ0) is 26.5. The van der Waals surface area contributed by atoms with Gasteiger partial charge in [-0.25, -0.2) is 0 Å². The van der Waals surface area contributed by atoms with E-state index in [1.807, 2.05) is 47.4 Å². The van der Waals surface area contributed by atoms with Crippen LogP contribution in [-0.2, 0) is 0 Å². The maximum absolute atomic E-state index is 13.0. The molecule has 1 aromatic heterocycles. The SMILES string of the molecule is O=C(Nc1ccc(C2CCN(C(=O)c3ccc(Oc4ccccc4)cc3)CC2)cc1)c1ccc([N+](=O)[O-])o1. The van der Waals surface area contributed by atoms with Crippen molar-refractivity contribution in [2.45, 2.75) is 18.8 Å². The van der Waals surface area contributed by atoms with Crippen molar-refractivity contribution in [3.05, 3.63) is 118 Å². The number of rotatable bonds is 7. The second kappa shape index (κ2) is 11.0. The number of ether oxygens (including phenoxy) is 1. The van der Waals surface area contributed by atoms with Crippen LogP contribution in [-0.4, -0.2) is 34.7 Å². The van der Waals surface area contributed by atoms with E-state index in [0.717, 1.165) is 30.2 Å². The van der Waals surface area contributed by atoms with Crippen molar-refractivity contribution in [3.63, 3.8) is 0 Å². The molecular formula is C29H25N3O6. The van der Waals surface area contributed by atoms with E-state index in [1.54, 1.807) is 36.4 Å². The summed E-state index contributed by atoms with van der Waals surface area (Å²) < 4.78 is 10.7. The Bertz CT molecular complexity index is 1420. The number of carbonyl (C=O) groups excluding carboxylic acids is 2. The minimum atomic E-state index is -0.692. The highest BCUT2D eigenvalue weighted by atomic mass is 16.6. The molecule has 38 heavy (non-hydrogen) atoms. The lowest BCUT2D eigenvalue weighted by atomic mass is 9.89. The predicted octanol–water partition coefficient (Wildman–Crippen LogP) is 6.25. The van der Waals surface area contributed by atoms with Gasteiger partial charge in [0.05, 0.1) is 6.07 Å². The van der Waals surface area contributed by atoms with Crippen molar-refractivity contribution in [2.24, 2.45) is 0 Å². The molecule has 3 aromatic carbocycles. The fourth-order valence-electron chi connectivity index (χ4n) is 4.47. The van der Waals surface area contributed by atoms with Gasteiger partial charge in [0.15, 0.2) is 5.76 Å². The van der Waals surface area contributed by atoms with Crippen LogP contribution in [0.1, 0.15) is 45.2 Å². The van der Waals surface area contributed by atoms with Crippen LogP contribution in [0.3, 0.4) is 0 Å². The number of furan rings is 1. The number of nitro groups is 1. The summed E-state index contributed by atoms with van der Waals surface area (Å²) in [7, 11) is 0. The standard InChI is InChI=1S/C29H25N3O6/c33-28(26-14-15-27(38-26)32(35)36)30-23-10-6-20(7-11-23)21-16-18-31(19-17-21)29(34)22-8-12-25(13-9-22)37-24-4-2-1-3-5-24/h1-15,21H,16-19H2,(H,30,33). The summed E-state index contributed by atoms with van der Waals surface area (Å²) in [5.41, 5.74) is 2.32. The number of benzene rings is 3. The number of hydrogen-bond donors (Lipinski definition) is 1. The fraction of sp³-hybridized carbons (Fsp3) is 0.172. The van der Waals surface area contributed by atoms with E-state index < -0.39 is 16.7 Å². The molecule has 5 rings (SSSR count). The maximum atomic E-state index is 13.0. The lowest BCUT2D eigenvalue weighted by Gasteiger charge is -2.32. The molecule has 0 bridgehead atoms. The van der Waals surface area contributed by atoms with E-state index in [2.05, 4.69) is 5.32 Å². The minimum absolute atomic E-state index is 0.00549. The Morgan fingerprint density at radius 1 is 0.868 bits per heavy atom. The largest absolute Gasteiger partial charge is 0.457 e. The van der Waals surface area contributed by atoms with Crippen molar-refractivity contribution in [1.82, 2.24) is 4.90 Å². The molecule has 9 heteroatoms. The number of piperidine rings is 1. The third-order valence-electron chi connectivity index (χ3n) is 6.50. The first-order chi connectivity index (χ1) is 18.5. The van der Waals surface area contributed by atoms with E-state index in [1.165, 1.54) is 6.07 Å². The molecule has 9 nitrogen and oxygen atoms in total. The number of para-hydroxylation sites is 1. The topological polar surface area (TPSA) is 115 Å². The average Bonchev–Trinajstić information content (AvgIpc) is 3.46. The third kappa shape index (κ3) is 5.73. The summed E-state index contributed by atoms with van der Waals surface area (Å²) in [5, 5.41) is 13.4. The van der Waals surface area contributed by atoms with E-state index in [9.17, 15) is 19.7 Å².